The van der Waals surface area contributed by atoms with E-state index in [0.717, 1.165) is 24.2 Å². The first-order valence-corrected chi connectivity index (χ1v) is 8.68. The smallest absolute Gasteiger partial charge is 0.250 e. The van der Waals surface area contributed by atoms with Gasteiger partial charge in [0.2, 0.25) is 11.5 Å². The number of unbranched alkanes of at least 4 members (excludes halogenated alkanes) is 1. The van der Waals surface area contributed by atoms with Gasteiger partial charge in [0.05, 0.1) is 13.0 Å². The number of ether oxygens (including phenoxy) is 1. The van der Waals surface area contributed by atoms with Gasteiger partial charge in [0.15, 0.2) is 0 Å². The normalized spacial score (nSPS) is 10.5. The molecule has 5 nitrogen and oxygen atoms in total. The number of amides is 1. The van der Waals surface area contributed by atoms with Crippen molar-refractivity contribution in [2.45, 2.75) is 39.7 Å². The SMILES string of the molecule is Cc1ccc(OCCC(=O)NCCCCn2ccccc2=O)c(C)c1. The average Bonchev–Trinajstić information content (AvgIpc) is 2.58. The molecule has 0 spiro atoms. The fraction of sp³-hybridized carbons (Fsp3) is 0.400. The Morgan fingerprint density at radius 3 is 2.76 bits per heavy atom. The second-order valence-corrected chi connectivity index (χ2v) is 6.16. The monoisotopic (exact) mass is 342 g/mol. The third-order valence-electron chi connectivity index (χ3n) is 3.96. The highest BCUT2D eigenvalue weighted by Crippen LogP contribution is 2.18. The second-order valence-electron chi connectivity index (χ2n) is 6.16. The van der Waals surface area contributed by atoms with Crippen LogP contribution < -0.4 is 15.6 Å². The van der Waals surface area contributed by atoms with Crippen molar-refractivity contribution in [2.75, 3.05) is 13.2 Å². The van der Waals surface area contributed by atoms with Gasteiger partial charge in [0.25, 0.3) is 0 Å². The van der Waals surface area contributed by atoms with E-state index in [9.17, 15) is 9.59 Å². The van der Waals surface area contributed by atoms with E-state index >= 15 is 0 Å². The number of carbonyl (C=O) groups is 1. The molecule has 0 saturated heterocycles. The van der Waals surface area contributed by atoms with Crippen LogP contribution in [0, 0.1) is 13.8 Å². The minimum absolute atomic E-state index is 0.00934. The van der Waals surface area contributed by atoms with Crippen LogP contribution in [0.3, 0.4) is 0 Å². The predicted molar refractivity (Wildman–Crippen MR) is 99.0 cm³/mol. The third kappa shape index (κ3) is 6.45. The molecule has 0 aliphatic heterocycles. The molecule has 5 heteroatoms. The van der Waals surface area contributed by atoms with E-state index in [1.54, 1.807) is 22.9 Å². The minimum Gasteiger partial charge on any atom is -0.493 e. The molecule has 25 heavy (non-hydrogen) atoms. The number of pyridine rings is 1. The molecule has 0 aliphatic rings. The lowest BCUT2D eigenvalue weighted by Crippen LogP contribution is -2.26. The fourth-order valence-electron chi connectivity index (χ4n) is 2.58. The van der Waals surface area contributed by atoms with Gasteiger partial charge in [-0.1, -0.05) is 23.8 Å². The van der Waals surface area contributed by atoms with Gasteiger partial charge in [-0.3, -0.25) is 9.59 Å². The highest BCUT2D eigenvalue weighted by molar-refractivity contribution is 5.75. The van der Waals surface area contributed by atoms with Crippen molar-refractivity contribution in [1.82, 2.24) is 9.88 Å². The predicted octanol–water partition coefficient (Wildman–Crippen LogP) is 2.83. The summed E-state index contributed by atoms with van der Waals surface area (Å²) in [6.07, 6.45) is 3.81. The van der Waals surface area contributed by atoms with Crippen LogP contribution in [0.5, 0.6) is 5.75 Å². The Morgan fingerprint density at radius 2 is 2.00 bits per heavy atom. The Morgan fingerprint density at radius 1 is 1.16 bits per heavy atom. The topological polar surface area (TPSA) is 60.3 Å². The molecule has 1 aromatic carbocycles. The maximum Gasteiger partial charge on any atom is 0.250 e. The van der Waals surface area contributed by atoms with Gasteiger partial charge < -0.3 is 14.6 Å². The average molecular weight is 342 g/mol. The molecular formula is C20H26N2O3. The Labute approximate surface area is 148 Å². The third-order valence-corrected chi connectivity index (χ3v) is 3.96. The van der Waals surface area contributed by atoms with Gasteiger partial charge in [0, 0.05) is 25.4 Å². The molecule has 0 fully saturated rings. The zero-order chi connectivity index (χ0) is 18.1. The molecule has 0 bridgehead atoms. The minimum atomic E-state index is -0.0124. The number of hydrogen-bond acceptors (Lipinski definition) is 3. The summed E-state index contributed by atoms with van der Waals surface area (Å²) in [6.45, 7) is 5.70. The van der Waals surface area contributed by atoms with Crippen molar-refractivity contribution < 1.29 is 9.53 Å². The van der Waals surface area contributed by atoms with Crippen LogP contribution in [-0.2, 0) is 11.3 Å². The summed E-state index contributed by atoms with van der Waals surface area (Å²) in [5.74, 6) is 0.813. The molecule has 0 saturated carbocycles. The Kier molecular flexibility index (Phi) is 7.26. The van der Waals surface area contributed by atoms with E-state index in [1.807, 2.05) is 32.0 Å². The van der Waals surface area contributed by atoms with Crippen LogP contribution >= 0.6 is 0 Å². The van der Waals surface area contributed by atoms with Crippen molar-refractivity contribution in [3.05, 3.63) is 64.1 Å². The summed E-state index contributed by atoms with van der Waals surface area (Å²) in [4.78, 5) is 23.4. The number of nitrogens with one attached hydrogen (secondary N) is 1. The second kappa shape index (κ2) is 9.67. The van der Waals surface area contributed by atoms with E-state index in [2.05, 4.69) is 11.4 Å². The number of hydrogen-bond donors (Lipinski definition) is 1. The van der Waals surface area contributed by atoms with Crippen molar-refractivity contribution in [1.29, 1.82) is 0 Å². The quantitative estimate of drug-likeness (QED) is 0.713. The van der Waals surface area contributed by atoms with E-state index < -0.39 is 0 Å². The van der Waals surface area contributed by atoms with E-state index in [4.69, 9.17) is 4.74 Å². The summed E-state index contributed by atoms with van der Waals surface area (Å²) >= 11 is 0. The molecule has 0 aliphatic carbocycles. The fourth-order valence-corrected chi connectivity index (χ4v) is 2.58. The van der Waals surface area contributed by atoms with Crippen LogP contribution in [0.2, 0.25) is 0 Å². The molecule has 1 N–H and O–H groups in total. The van der Waals surface area contributed by atoms with Crippen molar-refractivity contribution in [3.63, 3.8) is 0 Å². The number of nitrogens with zero attached hydrogens (tertiary/aromatic N) is 1. The zero-order valence-electron chi connectivity index (χ0n) is 15.0. The summed E-state index contributed by atoms with van der Waals surface area (Å²) in [5, 5.41) is 2.89. The first kappa shape index (κ1) is 18.8. The molecular weight excluding hydrogens is 316 g/mol. The molecule has 0 atom stereocenters. The van der Waals surface area contributed by atoms with Crippen LogP contribution in [0.15, 0.2) is 47.4 Å². The standard InChI is InChI=1S/C20H26N2O3/c1-16-8-9-18(17(2)15-16)25-14-10-19(23)21-11-4-6-13-22-12-5-3-7-20(22)24/h3,5,7-9,12,15H,4,6,10-11,13-14H2,1-2H3,(H,21,23). The molecule has 1 heterocycles. The lowest BCUT2D eigenvalue weighted by Gasteiger charge is -2.10. The lowest BCUT2D eigenvalue weighted by molar-refractivity contribution is -0.121. The molecule has 2 rings (SSSR count). The van der Waals surface area contributed by atoms with Crippen molar-refractivity contribution >= 4 is 5.91 Å². The van der Waals surface area contributed by atoms with Gasteiger partial charge >= 0.3 is 0 Å². The zero-order valence-corrected chi connectivity index (χ0v) is 15.0. The van der Waals surface area contributed by atoms with Crippen LogP contribution in [0.1, 0.15) is 30.4 Å². The van der Waals surface area contributed by atoms with Crippen molar-refractivity contribution in [3.8, 4) is 5.75 Å². The van der Waals surface area contributed by atoms with Gasteiger partial charge in [0.1, 0.15) is 5.75 Å². The van der Waals surface area contributed by atoms with Crippen LogP contribution in [-0.4, -0.2) is 23.6 Å². The van der Waals surface area contributed by atoms with E-state index in [1.165, 1.54) is 5.56 Å². The molecule has 134 valence electrons. The largest absolute Gasteiger partial charge is 0.493 e. The summed E-state index contributed by atoms with van der Waals surface area (Å²) < 4.78 is 7.34. The van der Waals surface area contributed by atoms with Crippen molar-refractivity contribution in [2.24, 2.45) is 0 Å². The molecule has 0 unspecified atom stereocenters. The number of aromatic nitrogens is 1. The molecule has 0 radical (unpaired) electrons. The first-order valence-electron chi connectivity index (χ1n) is 8.68. The van der Waals surface area contributed by atoms with Crippen LogP contribution in [0.25, 0.3) is 0 Å². The van der Waals surface area contributed by atoms with Crippen LogP contribution in [0.4, 0.5) is 0 Å². The first-order chi connectivity index (χ1) is 12.1. The summed E-state index contributed by atoms with van der Waals surface area (Å²) in [5.41, 5.74) is 2.28. The van der Waals surface area contributed by atoms with Gasteiger partial charge in [-0.05, 0) is 44.4 Å². The Bertz CT molecular complexity index is 753. The number of aryl methyl sites for hydroxylation is 3. The molecule has 1 aromatic heterocycles. The van der Waals surface area contributed by atoms with Gasteiger partial charge in [-0.2, -0.15) is 0 Å². The summed E-state index contributed by atoms with van der Waals surface area (Å²) in [6, 6.07) is 11.1. The molecule has 1 amide bonds. The lowest BCUT2D eigenvalue weighted by atomic mass is 10.1. The number of carbonyl (C=O) groups excluding carboxylic acids is 1. The van der Waals surface area contributed by atoms with Gasteiger partial charge in [-0.25, -0.2) is 0 Å². The molecule has 2 aromatic rings. The Hall–Kier alpha value is -2.56. The van der Waals surface area contributed by atoms with Gasteiger partial charge in [-0.15, -0.1) is 0 Å². The maximum absolute atomic E-state index is 11.8. The summed E-state index contributed by atoms with van der Waals surface area (Å²) in [7, 11) is 0. The highest BCUT2D eigenvalue weighted by Gasteiger charge is 2.04. The highest BCUT2D eigenvalue weighted by atomic mass is 16.5. The number of rotatable bonds is 9. The Balaban J connectivity index is 1.58. The van der Waals surface area contributed by atoms with E-state index in [0.29, 0.717) is 26.1 Å². The number of benzene rings is 1. The maximum atomic E-state index is 11.8. The van der Waals surface area contributed by atoms with E-state index in [-0.39, 0.29) is 11.5 Å².